The summed E-state index contributed by atoms with van der Waals surface area (Å²) in [6.45, 7) is 5.20. The first-order valence-electron chi connectivity index (χ1n) is 14.9. The number of aromatic nitrogens is 2. The second-order valence-corrected chi connectivity index (χ2v) is 11.3. The summed E-state index contributed by atoms with van der Waals surface area (Å²) < 4.78 is 17.2. The maximum atomic E-state index is 13.4. The molecule has 3 aliphatic heterocycles. The van der Waals surface area contributed by atoms with Gasteiger partial charge in [0.15, 0.2) is 0 Å². The first-order chi connectivity index (χ1) is 20.6. The van der Waals surface area contributed by atoms with Crippen molar-refractivity contribution >= 4 is 5.91 Å². The normalized spacial score (nSPS) is 19.5. The van der Waals surface area contributed by atoms with Crippen LogP contribution in [0.15, 0.2) is 48.7 Å². The quantitative estimate of drug-likeness (QED) is 0.393. The lowest BCUT2D eigenvalue weighted by atomic mass is 10.1. The average molecular weight is 568 g/mol. The molecule has 0 spiro atoms. The van der Waals surface area contributed by atoms with Crippen LogP contribution in [0.1, 0.15) is 59.4 Å². The summed E-state index contributed by atoms with van der Waals surface area (Å²) >= 11 is 0. The molecule has 1 aromatic heterocycles. The van der Waals surface area contributed by atoms with Crippen LogP contribution in [0.4, 0.5) is 0 Å². The van der Waals surface area contributed by atoms with Gasteiger partial charge in [0.2, 0.25) is 0 Å². The lowest BCUT2D eigenvalue weighted by molar-refractivity contribution is 0.0254. The summed E-state index contributed by atoms with van der Waals surface area (Å²) in [6.07, 6.45) is 7.45. The number of carbonyl (C=O) groups excluding carboxylic acids is 1. The van der Waals surface area contributed by atoms with Gasteiger partial charge in [-0.1, -0.05) is 6.07 Å². The summed E-state index contributed by atoms with van der Waals surface area (Å²) in [5.74, 6) is 1.82. The van der Waals surface area contributed by atoms with Crippen LogP contribution in [0.2, 0.25) is 0 Å². The molecule has 1 unspecified atom stereocenters. The van der Waals surface area contributed by atoms with Gasteiger partial charge < -0.3 is 19.1 Å². The van der Waals surface area contributed by atoms with Gasteiger partial charge in [-0.2, -0.15) is 5.26 Å². The fourth-order valence-corrected chi connectivity index (χ4v) is 6.20. The monoisotopic (exact) mass is 567 g/mol. The molecule has 0 N–H and O–H groups in total. The highest BCUT2D eigenvalue weighted by molar-refractivity contribution is 5.97. The lowest BCUT2D eigenvalue weighted by Gasteiger charge is -2.24. The molecule has 0 saturated carbocycles. The molecule has 1 atom stereocenters. The van der Waals surface area contributed by atoms with Gasteiger partial charge in [0.1, 0.15) is 29.5 Å². The van der Waals surface area contributed by atoms with Crippen molar-refractivity contribution in [3.05, 3.63) is 71.2 Å². The van der Waals surface area contributed by atoms with E-state index in [0.717, 1.165) is 62.3 Å². The molecule has 1 amide bonds. The number of likely N-dealkylation sites (tertiary alicyclic amines) is 2. The van der Waals surface area contributed by atoms with Crippen molar-refractivity contribution in [3.63, 3.8) is 0 Å². The molecular weight excluding hydrogens is 530 g/mol. The minimum absolute atomic E-state index is 0.0240. The van der Waals surface area contributed by atoms with Crippen LogP contribution >= 0.6 is 0 Å². The van der Waals surface area contributed by atoms with Gasteiger partial charge >= 0.3 is 0 Å². The third kappa shape index (κ3) is 6.25. The van der Waals surface area contributed by atoms with Crippen LogP contribution in [0.25, 0.3) is 11.3 Å². The van der Waals surface area contributed by atoms with E-state index < -0.39 is 0 Å². The van der Waals surface area contributed by atoms with E-state index in [4.69, 9.17) is 19.2 Å². The Balaban J connectivity index is 1.14. The van der Waals surface area contributed by atoms with E-state index in [9.17, 15) is 10.1 Å². The van der Waals surface area contributed by atoms with Gasteiger partial charge in [0.05, 0.1) is 37.1 Å². The Morgan fingerprint density at radius 1 is 1.05 bits per heavy atom. The van der Waals surface area contributed by atoms with Crippen molar-refractivity contribution in [2.75, 3.05) is 46.5 Å². The fraction of sp³-hybridized carbons (Fsp3) is 0.455. The van der Waals surface area contributed by atoms with Gasteiger partial charge in [0.25, 0.3) is 5.91 Å². The third-order valence-corrected chi connectivity index (χ3v) is 8.53. The number of rotatable bonds is 8. The van der Waals surface area contributed by atoms with E-state index in [1.807, 2.05) is 47.4 Å². The number of hydrogen-bond acceptors (Lipinski definition) is 8. The van der Waals surface area contributed by atoms with Crippen molar-refractivity contribution in [1.29, 1.82) is 5.26 Å². The number of carbonyl (C=O) groups is 1. The van der Waals surface area contributed by atoms with E-state index in [1.54, 1.807) is 13.3 Å². The number of nitrogens with zero attached hydrogens (tertiary/aromatic N) is 5. The third-order valence-electron chi connectivity index (χ3n) is 8.53. The average Bonchev–Trinajstić information content (AvgIpc) is 3.75. The van der Waals surface area contributed by atoms with Gasteiger partial charge in [-0.05, 0) is 74.3 Å². The summed E-state index contributed by atoms with van der Waals surface area (Å²) in [6, 6.07) is 15.9. The van der Waals surface area contributed by atoms with E-state index >= 15 is 0 Å². The fourth-order valence-electron chi connectivity index (χ4n) is 6.20. The zero-order valence-corrected chi connectivity index (χ0v) is 24.1. The minimum Gasteiger partial charge on any atom is -0.496 e. The largest absolute Gasteiger partial charge is 0.496 e. The van der Waals surface area contributed by atoms with Gasteiger partial charge in [0, 0.05) is 50.2 Å². The molecule has 42 heavy (non-hydrogen) atoms. The second kappa shape index (κ2) is 12.9. The van der Waals surface area contributed by atoms with Crippen molar-refractivity contribution < 1.29 is 19.0 Å². The van der Waals surface area contributed by atoms with Gasteiger partial charge in [-0.25, -0.2) is 9.97 Å². The van der Waals surface area contributed by atoms with Crippen molar-refractivity contribution in [1.82, 2.24) is 19.8 Å². The van der Waals surface area contributed by atoms with Gasteiger partial charge in [-0.3, -0.25) is 9.69 Å². The second-order valence-electron chi connectivity index (χ2n) is 11.3. The van der Waals surface area contributed by atoms with Crippen LogP contribution in [0.3, 0.4) is 0 Å². The zero-order chi connectivity index (χ0) is 28.9. The van der Waals surface area contributed by atoms with Crippen molar-refractivity contribution in [2.24, 2.45) is 0 Å². The van der Waals surface area contributed by atoms with Crippen LogP contribution < -0.4 is 9.47 Å². The Bertz CT molecular complexity index is 1460. The molecule has 6 rings (SSSR count). The van der Waals surface area contributed by atoms with Crippen LogP contribution in [0, 0.1) is 11.3 Å². The molecule has 3 saturated heterocycles. The Labute approximate surface area is 247 Å². The SMILES string of the molecule is COc1cc(Cc2nccc(-c3ccc(OC4CCOCC4)c(C#N)c3)n2)ccc1C(=O)N1CCC(N2CCCC2)C1. The van der Waals surface area contributed by atoms with E-state index in [0.29, 0.717) is 54.1 Å². The molecule has 9 heteroatoms. The van der Waals surface area contributed by atoms with Crippen LogP contribution in [-0.4, -0.2) is 84.3 Å². The summed E-state index contributed by atoms with van der Waals surface area (Å²) in [4.78, 5) is 27.2. The number of ether oxygens (including phenoxy) is 3. The Hall–Kier alpha value is -4.00. The molecule has 9 nitrogen and oxygen atoms in total. The molecule has 0 radical (unpaired) electrons. The van der Waals surface area contributed by atoms with Gasteiger partial charge in [-0.15, -0.1) is 0 Å². The van der Waals surface area contributed by atoms with E-state index in [1.165, 1.54) is 12.8 Å². The summed E-state index contributed by atoms with van der Waals surface area (Å²) in [5.41, 5.74) is 3.58. The maximum absolute atomic E-state index is 13.4. The standard InChI is InChI=1S/C33H37N5O4/c1-40-31-18-23(4-6-28(31)33(39)38-15-9-26(22-38)37-13-2-3-14-37)19-32-35-12-8-29(36-32)24-5-7-30(25(20-24)21-34)42-27-10-16-41-17-11-27/h4-8,12,18,20,26-27H,2-3,9-11,13-17,19,22H2,1H3. The lowest BCUT2D eigenvalue weighted by Crippen LogP contribution is -2.37. The Morgan fingerprint density at radius 3 is 2.67 bits per heavy atom. The molecule has 0 aliphatic carbocycles. The topological polar surface area (TPSA) is 101 Å². The highest BCUT2D eigenvalue weighted by Gasteiger charge is 2.33. The number of amides is 1. The molecule has 0 bridgehead atoms. The predicted octanol–water partition coefficient (Wildman–Crippen LogP) is 4.48. The van der Waals surface area contributed by atoms with Crippen molar-refractivity contribution in [3.8, 4) is 28.8 Å². The predicted molar refractivity (Wildman–Crippen MR) is 158 cm³/mol. The molecule has 3 aliphatic rings. The Morgan fingerprint density at radius 2 is 1.88 bits per heavy atom. The Kier molecular flexibility index (Phi) is 8.63. The number of hydrogen-bond donors (Lipinski definition) is 0. The maximum Gasteiger partial charge on any atom is 0.257 e. The number of methoxy groups -OCH3 is 1. The van der Waals surface area contributed by atoms with E-state index in [-0.39, 0.29) is 12.0 Å². The molecular formula is C33H37N5O4. The van der Waals surface area contributed by atoms with Crippen LogP contribution in [0.5, 0.6) is 11.5 Å². The number of benzene rings is 2. The highest BCUT2D eigenvalue weighted by Crippen LogP contribution is 2.29. The highest BCUT2D eigenvalue weighted by atomic mass is 16.5. The van der Waals surface area contributed by atoms with Crippen LogP contribution in [-0.2, 0) is 11.2 Å². The molecule has 3 fully saturated rings. The molecule has 2 aromatic carbocycles. The molecule has 3 aromatic rings. The molecule has 218 valence electrons. The smallest absolute Gasteiger partial charge is 0.257 e. The zero-order valence-electron chi connectivity index (χ0n) is 24.1. The first kappa shape index (κ1) is 28.1. The number of nitriles is 1. The summed E-state index contributed by atoms with van der Waals surface area (Å²) in [7, 11) is 1.60. The van der Waals surface area contributed by atoms with E-state index in [2.05, 4.69) is 16.0 Å². The molecule has 4 heterocycles. The minimum atomic E-state index is 0.0240. The van der Waals surface area contributed by atoms with Crippen molar-refractivity contribution in [2.45, 2.75) is 50.7 Å². The summed E-state index contributed by atoms with van der Waals surface area (Å²) in [5, 5.41) is 9.78. The first-order valence-corrected chi connectivity index (χ1v) is 14.9.